The zero-order chi connectivity index (χ0) is 15.1. The highest BCUT2D eigenvalue weighted by Crippen LogP contribution is 2.19. The van der Waals surface area contributed by atoms with Crippen molar-refractivity contribution in [2.75, 3.05) is 19.6 Å². The van der Waals surface area contributed by atoms with Gasteiger partial charge in [0.15, 0.2) is 0 Å². The molecule has 118 valence electrons. The molecule has 1 fully saturated rings. The summed E-state index contributed by atoms with van der Waals surface area (Å²) in [6, 6.07) is 0. The molecular weight excluding hydrogens is 244 g/mol. The number of unbranched alkanes of at least 4 members (excludes halogenated alkanes) is 8. The summed E-state index contributed by atoms with van der Waals surface area (Å²) in [7, 11) is 0. The van der Waals surface area contributed by atoms with Crippen LogP contribution in [0.2, 0.25) is 0 Å². The van der Waals surface area contributed by atoms with Gasteiger partial charge in [-0.3, -0.25) is 0 Å². The van der Waals surface area contributed by atoms with Crippen molar-refractivity contribution in [1.82, 2.24) is 4.90 Å². The molecule has 1 aliphatic heterocycles. The molecular formula is C18H36N2. The predicted molar refractivity (Wildman–Crippen MR) is 88.7 cm³/mol. The number of nitriles is 1. The van der Waals surface area contributed by atoms with E-state index in [1.165, 1.54) is 90.3 Å². The number of likely N-dealkylation sites (tertiary alicyclic amines) is 1. The third kappa shape index (κ3) is 10.3. The summed E-state index contributed by atoms with van der Waals surface area (Å²) in [5.74, 6) is 1.00. The summed E-state index contributed by atoms with van der Waals surface area (Å²) in [4.78, 5) is 2.69. The van der Waals surface area contributed by atoms with Crippen molar-refractivity contribution in [3.05, 3.63) is 0 Å². The smallest absolute Gasteiger partial charge is 0.0462 e. The van der Waals surface area contributed by atoms with Crippen LogP contribution in [-0.4, -0.2) is 24.5 Å². The normalized spacial score (nSPS) is 18.7. The third-order valence-corrected chi connectivity index (χ3v) is 4.53. The number of hydrogen-bond acceptors (Lipinski definition) is 2. The molecule has 1 aliphatic rings. The lowest BCUT2D eigenvalue weighted by molar-refractivity contribution is 0.313. The fourth-order valence-corrected chi connectivity index (χ4v) is 3.10. The predicted octanol–water partition coefficient (Wildman–Crippen LogP) is 5.39. The molecule has 0 saturated carbocycles. The molecule has 2 heteroatoms. The molecule has 1 saturated heterocycles. The Kier molecular flexibility index (Phi) is 14.4. The Hall–Kier alpha value is -0.550. The van der Waals surface area contributed by atoms with Crippen molar-refractivity contribution in [3.63, 3.8) is 0 Å². The van der Waals surface area contributed by atoms with Crippen LogP contribution in [0, 0.1) is 17.8 Å². The summed E-state index contributed by atoms with van der Waals surface area (Å²) in [5, 5.41) is 6.50. The van der Waals surface area contributed by atoms with E-state index < -0.39 is 0 Å². The Morgan fingerprint density at radius 3 is 1.95 bits per heavy atom. The first-order valence-electron chi connectivity index (χ1n) is 8.85. The van der Waals surface area contributed by atoms with E-state index >= 15 is 0 Å². The van der Waals surface area contributed by atoms with E-state index in [1.807, 2.05) is 0 Å². The van der Waals surface area contributed by atoms with Crippen LogP contribution in [-0.2, 0) is 0 Å². The fourth-order valence-electron chi connectivity index (χ4n) is 3.10. The van der Waals surface area contributed by atoms with Gasteiger partial charge in [0, 0.05) is 13.1 Å². The molecule has 0 aromatic rings. The Morgan fingerprint density at radius 1 is 0.900 bits per heavy atom. The SMILES string of the molecule is C#N.CCCCCCCCCCCN1CCC(CC)C1. The molecule has 1 unspecified atom stereocenters. The molecule has 1 atom stereocenters. The van der Waals surface area contributed by atoms with E-state index in [-0.39, 0.29) is 0 Å². The van der Waals surface area contributed by atoms with Gasteiger partial charge in [0.1, 0.15) is 0 Å². The average Bonchev–Trinajstić information content (AvgIpc) is 2.95. The van der Waals surface area contributed by atoms with Crippen molar-refractivity contribution < 1.29 is 0 Å². The standard InChI is InChI=1S/C17H35N.CHN/c1-3-5-6-7-8-9-10-11-12-14-18-15-13-17(4-2)16-18;1-2/h17H,3-16H2,1-2H3;1H. The first-order chi connectivity index (χ1) is 9.86. The lowest BCUT2D eigenvalue weighted by Gasteiger charge is -2.15. The second-order valence-electron chi connectivity index (χ2n) is 6.19. The van der Waals surface area contributed by atoms with Gasteiger partial charge >= 0.3 is 0 Å². The van der Waals surface area contributed by atoms with Gasteiger partial charge in [-0.1, -0.05) is 71.6 Å². The third-order valence-electron chi connectivity index (χ3n) is 4.53. The van der Waals surface area contributed by atoms with Crippen LogP contribution in [0.4, 0.5) is 0 Å². The van der Waals surface area contributed by atoms with Crippen molar-refractivity contribution in [3.8, 4) is 6.57 Å². The van der Waals surface area contributed by atoms with Crippen LogP contribution in [0.5, 0.6) is 0 Å². The van der Waals surface area contributed by atoms with E-state index in [1.54, 1.807) is 0 Å². The molecule has 1 heterocycles. The lowest BCUT2D eigenvalue weighted by Crippen LogP contribution is -2.21. The summed E-state index contributed by atoms with van der Waals surface area (Å²) in [5.41, 5.74) is 0. The quantitative estimate of drug-likeness (QED) is 0.474. The van der Waals surface area contributed by atoms with Gasteiger partial charge in [-0.25, -0.2) is 5.26 Å². The molecule has 1 rings (SSSR count). The molecule has 0 aromatic carbocycles. The molecule has 0 N–H and O–H groups in total. The van der Waals surface area contributed by atoms with E-state index in [2.05, 4.69) is 25.3 Å². The van der Waals surface area contributed by atoms with E-state index in [9.17, 15) is 0 Å². The van der Waals surface area contributed by atoms with Crippen LogP contribution < -0.4 is 0 Å². The monoisotopic (exact) mass is 280 g/mol. The zero-order valence-electron chi connectivity index (χ0n) is 13.9. The molecule has 0 amide bonds. The molecule has 0 aliphatic carbocycles. The molecule has 0 bridgehead atoms. The van der Waals surface area contributed by atoms with Gasteiger partial charge in [-0.15, -0.1) is 0 Å². The van der Waals surface area contributed by atoms with Crippen LogP contribution in [0.1, 0.15) is 84.5 Å². The molecule has 20 heavy (non-hydrogen) atoms. The van der Waals surface area contributed by atoms with Crippen molar-refractivity contribution >= 4 is 0 Å². The molecule has 0 aromatic heterocycles. The van der Waals surface area contributed by atoms with Crippen molar-refractivity contribution in [2.45, 2.75) is 84.5 Å². The molecule has 2 nitrogen and oxygen atoms in total. The van der Waals surface area contributed by atoms with Crippen molar-refractivity contribution in [1.29, 1.82) is 5.26 Å². The Morgan fingerprint density at radius 2 is 1.45 bits per heavy atom. The van der Waals surface area contributed by atoms with Crippen LogP contribution >= 0.6 is 0 Å². The maximum Gasteiger partial charge on any atom is 0.0462 e. The first kappa shape index (κ1) is 19.4. The summed E-state index contributed by atoms with van der Waals surface area (Å²) in [6.07, 6.45) is 15.9. The molecule has 0 spiro atoms. The average molecular weight is 280 g/mol. The van der Waals surface area contributed by atoms with Gasteiger partial charge in [0.05, 0.1) is 0 Å². The van der Waals surface area contributed by atoms with Gasteiger partial charge in [-0.05, 0) is 31.8 Å². The number of nitrogens with zero attached hydrogens (tertiary/aromatic N) is 2. The largest absolute Gasteiger partial charge is 0.303 e. The summed E-state index contributed by atoms with van der Waals surface area (Å²) < 4.78 is 0. The van der Waals surface area contributed by atoms with Gasteiger partial charge in [0.25, 0.3) is 0 Å². The topological polar surface area (TPSA) is 27.0 Å². The minimum absolute atomic E-state index is 1.00. The highest BCUT2D eigenvalue weighted by molar-refractivity contribution is 4.74. The van der Waals surface area contributed by atoms with E-state index in [4.69, 9.17) is 5.26 Å². The van der Waals surface area contributed by atoms with Crippen LogP contribution in [0.15, 0.2) is 0 Å². The Balaban J connectivity index is 0.00000172. The highest BCUT2D eigenvalue weighted by atomic mass is 15.1. The molecule has 0 radical (unpaired) electrons. The highest BCUT2D eigenvalue weighted by Gasteiger charge is 2.19. The van der Waals surface area contributed by atoms with E-state index in [0.29, 0.717) is 0 Å². The van der Waals surface area contributed by atoms with Crippen LogP contribution in [0.3, 0.4) is 0 Å². The lowest BCUT2D eigenvalue weighted by atomic mass is 10.1. The van der Waals surface area contributed by atoms with Gasteiger partial charge in [0.2, 0.25) is 0 Å². The second kappa shape index (κ2) is 14.9. The zero-order valence-corrected chi connectivity index (χ0v) is 13.9. The first-order valence-corrected chi connectivity index (χ1v) is 8.85. The van der Waals surface area contributed by atoms with Crippen molar-refractivity contribution in [2.24, 2.45) is 5.92 Å². The van der Waals surface area contributed by atoms with Crippen LogP contribution in [0.25, 0.3) is 0 Å². The number of hydrogen-bond donors (Lipinski definition) is 0. The van der Waals surface area contributed by atoms with Gasteiger partial charge < -0.3 is 4.90 Å². The second-order valence-corrected chi connectivity index (χ2v) is 6.19. The minimum atomic E-state index is 1.00. The number of rotatable bonds is 11. The minimum Gasteiger partial charge on any atom is -0.303 e. The van der Waals surface area contributed by atoms with E-state index in [0.717, 1.165) is 5.92 Å². The fraction of sp³-hybridized carbons (Fsp3) is 0.944. The maximum atomic E-state index is 6.50. The summed E-state index contributed by atoms with van der Waals surface area (Å²) in [6.45, 7) is 12.3. The Bertz CT molecular complexity index is 213. The Labute approximate surface area is 127 Å². The summed E-state index contributed by atoms with van der Waals surface area (Å²) >= 11 is 0. The van der Waals surface area contributed by atoms with Gasteiger partial charge in [-0.2, -0.15) is 0 Å². The maximum absolute atomic E-state index is 6.50.